The normalized spacial score (nSPS) is 17.0. The van der Waals surface area contributed by atoms with Crippen LogP contribution in [0.5, 0.6) is 0 Å². The fourth-order valence-electron chi connectivity index (χ4n) is 14.4. The molecule has 4 atom stereocenters. The summed E-state index contributed by atoms with van der Waals surface area (Å²) in [6.45, 7) is 38.5. The molecule has 110 heavy (non-hydrogen) atoms. The summed E-state index contributed by atoms with van der Waals surface area (Å²) in [6.07, 6.45) is 3.51. The van der Waals surface area contributed by atoms with Crippen LogP contribution in [0.15, 0.2) is 110 Å². The second kappa shape index (κ2) is 32.5. The molecule has 3 saturated heterocycles. The lowest BCUT2D eigenvalue weighted by Gasteiger charge is -2.47. The van der Waals surface area contributed by atoms with E-state index in [1.165, 1.54) is 36.4 Å². The molecule has 3 aliphatic rings. The van der Waals surface area contributed by atoms with Crippen molar-refractivity contribution in [2.75, 3.05) is 58.9 Å². The van der Waals surface area contributed by atoms with Crippen molar-refractivity contribution in [1.29, 1.82) is 0 Å². The number of hydrogen-bond acceptors (Lipinski definition) is 15. The predicted octanol–water partition coefficient (Wildman–Crippen LogP) is 11.8. The van der Waals surface area contributed by atoms with Crippen LogP contribution < -0.4 is 0 Å². The van der Waals surface area contributed by atoms with E-state index in [0.29, 0.717) is 119 Å². The van der Waals surface area contributed by atoms with Crippen molar-refractivity contribution < 1.29 is 57.3 Å². The minimum absolute atomic E-state index is 0.121. The molecule has 27 heteroatoms. The van der Waals surface area contributed by atoms with Crippen molar-refractivity contribution in [3.63, 3.8) is 0 Å². The monoisotopic (exact) mass is 1510 g/mol. The topological polar surface area (TPSA) is 273 Å². The zero-order chi connectivity index (χ0) is 80.6. The molecule has 12 rings (SSSR count). The van der Waals surface area contributed by atoms with E-state index >= 15 is 0 Å². The smallest absolute Gasteiger partial charge is 0.274 e. The Hall–Kier alpha value is -9.99. The van der Waals surface area contributed by atoms with Crippen molar-refractivity contribution in [2.24, 2.45) is 16.2 Å². The molecular formula is C83H106F3N15O9. The Bertz CT molecular complexity index is 4860. The first-order chi connectivity index (χ1) is 51.4. The first kappa shape index (κ1) is 82.5. The highest BCUT2D eigenvalue weighted by atomic mass is 19.1. The highest BCUT2D eigenvalue weighted by Gasteiger charge is 2.44. The highest BCUT2D eigenvalue weighted by Crippen LogP contribution is 2.33. The molecule has 0 spiro atoms. The Morgan fingerprint density at radius 3 is 1.23 bits per heavy atom. The lowest BCUT2D eigenvalue weighted by Crippen LogP contribution is -2.63. The average Bonchev–Trinajstić information content (AvgIpc) is 1.63. The number of nitrogens with zero attached hydrogens (tertiary/aromatic N) is 15. The molecule has 24 nitrogen and oxygen atoms in total. The largest absolute Gasteiger partial charge is 0.383 e. The number of aliphatic hydroxyl groups excluding tert-OH is 3. The van der Waals surface area contributed by atoms with E-state index in [0.717, 1.165) is 33.4 Å². The van der Waals surface area contributed by atoms with Crippen molar-refractivity contribution in [1.82, 2.24) is 73.2 Å². The maximum Gasteiger partial charge on any atom is 0.274 e. The van der Waals surface area contributed by atoms with Crippen LogP contribution in [0.3, 0.4) is 0 Å². The van der Waals surface area contributed by atoms with Gasteiger partial charge >= 0.3 is 0 Å². The van der Waals surface area contributed by atoms with Gasteiger partial charge in [0.2, 0.25) is 0 Å². The number of carbonyl (C=O) groups is 6. The molecule has 3 fully saturated rings. The van der Waals surface area contributed by atoms with Gasteiger partial charge in [-0.25, -0.2) is 41.7 Å². The molecule has 0 radical (unpaired) electrons. The number of hydrogen-bond donors (Lipinski definition) is 3. The van der Waals surface area contributed by atoms with Crippen LogP contribution >= 0.6 is 0 Å². The number of piperazine rings is 3. The number of benzene rings is 3. The second-order valence-electron chi connectivity index (χ2n) is 34.5. The van der Waals surface area contributed by atoms with Crippen LogP contribution in [0.2, 0.25) is 0 Å². The summed E-state index contributed by atoms with van der Waals surface area (Å²) in [4.78, 5) is 103. The Kier molecular flexibility index (Phi) is 24.4. The van der Waals surface area contributed by atoms with Crippen molar-refractivity contribution >= 4 is 52.4 Å². The Morgan fingerprint density at radius 2 is 0.836 bits per heavy atom. The van der Waals surface area contributed by atoms with Crippen molar-refractivity contribution in [3.8, 4) is 33.8 Å². The molecule has 588 valence electrons. The third-order valence-electron chi connectivity index (χ3n) is 20.0. The first-order valence-corrected chi connectivity index (χ1v) is 37.7. The quantitative estimate of drug-likeness (QED) is 0.0913. The van der Waals surface area contributed by atoms with Crippen LogP contribution in [0, 0.1) is 40.6 Å². The number of aromatic nitrogens is 9. The Morgan fingerprint density at radius 1 is 0.482 bits per heavy atom. The van der Waals surface area contributed by atoms with Crippen molar-refractivity contribution in [3.05, 3.63) is 161 Å². The SMILES string of the molecule is CC(C)c1cc(-c2ccc(F)cc2)nn2cc(C(=O)N3CCN(C(=O)[C@H](O)CC(C)(C)C)CC3(C)C)nc12.CCc1cc(-c2ccc(F)cc2)nn2cc(C(=O)N3CCN(C(=O)[C@H](O)CC(C)(C)C)[C@@H](C)C3)nc12.Cc1cc(-c2ccc(F)cc2)nn2cc(C(=O)N3CCN(C(=O)[C@H](O)CC(C)(C)C)CC3(C)C)nc12. The summed E-state index contributed by atoms with van der Waals surface area (Å²) in [7, 11) is 0. The molecule has 0 aliphatic carbocycles. The summed E-state index contributed by atoms with van der Waals surface area (Å²) in [5.41, 5.74) is 7.79. The summed E-state index contributed by atoms with van der Waals surface area (Å²) in [6, 6.07) is 23.9. The molecule has 0 bridgehead atoms. The van der Waals surface area contributed by atoms with Gasteiger partial charge in [-0.05, 0) is 192 Å². The molecule has 9 aromatic rings. The molecule has 3 N–H and O–H groups in total. The molecule has 6 aromatic heterocycles. The number of amides is 6. The number of carbonyl (C=O) groups excluding carboxylic acids is 6. The zero-order valence-electron chi connectivity index (χ0n) is 66.6. The molecule has 9 heterocycles. The zero-order valence-corrected chi connectivity index (χ0v) is 66.6. The number of fused-ring (bicyclic) bond motifs is 3. The van der Waals surface area contributed by atoms with E-state index in [1.54, 1.807) is 97.9 Å². The minimum atomic E-state index is -1.07. The van der Waals surface area contributed by atoms with Gasteiger partial charge in [-0.15, -0.1) is 0 Å². The number of imidazole rings is 3. The maximum atomic E-state index is 13.7. The van der Waals surface area contributed by atoms with Gasteiger partial charge in [0, 0.05) is 87.2 Å². The van der Waals surface area contributed by atoms with Crippen LogP contribution in [-0.2, 0) is 20.8 Å². The average molecular weight is 1510 g/mol. The number of aryl methyl sites for hydroxylation is 2. The van der Waals surface area contributed by atoms with Gasteiger partial charge in [-0.1, -0.05) is 83.1 Å². The Labute approximate surface area is 641 Å². The number of halogens is 3. The van der Waals surface area contributed by atoms with Gasteiger partial charge in [0.1, 0.15) is 52.8 Å². The van der Waals surface area contributed by atoms with E-state index in [4.69, 9.17) is 0 Å². The third kappa shape index (κ3) is 19.4. The standard InChI is InChI=1S/C29H38FN5O3.2C27H34FN5O3/c1-18(2)21-14-22(19-8-10-20(30)11-9-19)32-35-16-23(31-25(21)35)26(37)34-13-12-33(17-29(34,6)7)27(38)24(36)15-28(3,4)5;1-17-13-20(18-7-9-19(28)10-8-18)30-33-15-21(29-23(17)33)24(35)32-12-11-31(16-27(32,5)6)25(36)22(34)14-26(2,3)4;1-6-18-13-21(19-7-9-20(28)10-8-19)30-33-16-22(29-24(18)33)25(35)31-11-12-32(17(2)15-31)26(36)23(34)14-27(3,4)5/h8-11,14,16,18,24,36H,12-13,15,17H2,1-7H3;7-10,13,15,22,34H,11-12,14,16H2,1-6H3;7-10,13,16-17,23,34H,6,11-12,14-15H2,1-5H3/t24-;22-;17-,23+/m110/s1. The van der Waals surface area contributed by atoms with Crippen LogP contribution in [0.4, 0.5) is 13.2 Å². The molecule has 6 amide bonds. The van der Waals surface area contributed by atoms with E-state index in [1.807, 2.05) is 143 Å². The van der Waals surface area contributed by atoms with E-state index in [-0.39, 0.29) is 98.2 Å². The van der Waals surface area contributed by atoms with Crippen LogP contribution in [0.25, 0.3) is 50.7 Å². The molecule has 3 aliphatic heterocycles. The summed E-state index contributed by atoms with van der Waals surface area (Å²) < 4.78 is 45.0. The number of rotatable bonds is 14. The molecule has 0 unspecified atom stereocenters. The van der Waals surface area contributed by atoms with Gasteiger partial charge in [0.15, 0.2) is 16.9 Å². The number of aliphatic hydroxyl groups is 3. The highest BCUT2D eigenvalue weighted by molar-refractivity contribution is 5.96. The maximum absolute atomic E-state index is 13.7. The van der Waals surface area contributed by atoms with Crippen LogP contribution in [-0.4, -0.2) is 218 Å². The Balaban J connectivity index is 0.000000176. The van der Waals surface area contributed by atoms with E-state index in [9.17, 15) is 57.3 Å². The second-order valence-corrected chi connectivity index (χ2v) is 34.5. The van der Waals surface area contributed by atoms with E-state index in [2.05, 4.69) is 30.2 Å². The summed E-state index contributed by atoms with van der Waals surface area (Å²) >= 11 is 0. The predicted molar refractivity (Wildman–Crippen MR) is 414 cm³/mol. The van der Waals surface area contributed by atoms with Gasteiger partial charge < -0.3 is 44.7 Å². The van der Waals surface area contributed by atoms with Gasteiger partial charge in [0.05, 0.1) is 46.8 Å². The fraction of sp³-hybridized carbons (Fsp3) is 0.494. The summed E-state index contributed by atoms with van der Waals surface area (Å²) in [5, 5.41) is 45.2. The molecule has 0 saturated carbocycles. The minimum Gasteiger partial charge on any atom is -0.383 e. The van der Waals surface area contributed by atoms with Gasteiger partial charge in [-0.3, -0.25) is 28.8 Å². The fourth-order valence-corrected chi connectivity index (χ4v) is 14.4. The molecular weight excluding hydrogens is 1410 g/mol. The summed E-state index contributed by atoms with van der Waals surface area (Å²) in [5.74, 6) is -2.42. The third-order valence-corrected chi connectivity index (χ3v) is 20.0. The lowest BCUT2D eigenvalue weighted by molar-refractivity contribution is -0.146. The molecule has 3 aromatic carbocycles. The van der Waals surface area contributed by atoms with E-state index < -0.39 is 29.4 Å². The lowest BCUT2D eigenvalue weighted by atomic mass is 9.88. The van der Waals surface area contributed by atoms with Gasteiger partial charge in [-0.2, -0.15) is 15.3 Å². The first-order valence-electron chi connectivity index (χ1n) is 37.7. The van der Waals surface area contributed by atoms with Gasteiger partial charge in [0.25, 0.3) is 35.4 Å². The van der Waals surface area contributed by atoms with Crippen molar-refractivity contribution in [2.45, 2.75) is 192 Å². The van der Waals surface area contributed by atoms with Crippen LogP contribution in [0.1, 0.15) is 191 Å².